The fourth-order valence-electron chi connectivity index (χ4n) is 0.876. The topological polar surface area (TPSA) is 66.4 Å². The second-order valence-corrected chi connectivity index (χ2v) is 4.40. The zero-order chi connectivity index (χ0) is 12.9. The van der Waals surface area contributed by atoms with E-state index in [-0.39, 0.29) is 0 Å². The average molecular weight is 259 g/mol. The molecule has 16 heavy (non-hydrogen) atoms. The van der Waals surface area contributed by atoms with Gasteiger partial charge in [-0.2, -0.15) is 13.2 Å². The van der Waals surface area contributed by atoms with E-state index in [2.05, 4.69) is 0 Å². The summed E-state index contributed by atoms with van der Waals surface area (Å²) in [5, 5.41) is 10.7. The fourth-order valence-corrected chi connectivity index (χ4v) is 1.25. The van der Waals surface area contributed by atoms with Gasteiger partial charge in [-0.05, 0) is 17.7 Å². The molecule has 0 aromatic carbocycles. The molecule has 94 valence electrons. The molecular formula is C8H12F3NO3S. The smallest absolute Gasteiger partial charge is 0.442 e. The van der Waals surface area contributed by atoms with E-state index in [4.69, 9.17) is 5.11 Å². The number of carbonyl (C=O) groups excluding carboxylic acids is 1. The van der Waals surface area contributed by atoms with Crippen molar-refractivity contribution in [2.24, 2.45) is 5.92 Å². The van der Waals surface area contributed by atoms with Gasteiger partial charge in [-0.15, -0.1) is 0 Å². The SMILES string of the molecule is CC(C)[C@@H](NC(=O)CSC(F)(F)F)C(=O)O. The van der Waals surface area contributed by atoms with Gasteiger partial charge in [0.05, 0.1) is 5.75 Å². The molecule has 4 nitrogen and oxygen atoms in total. The molecule has 0 unspecified atom stereocenters. The summed E-state index contributed by atoms with van der Waals surface area (Å²) < 4.78 is 35.2. The average Bonchev–Trinajstić information content (AvgIpc) is 2.08. The lowest BCUT2D eigenvalue weighted by atomic mass is 10.1. The van der Waals surface area contributed by atoms with Gasteiger partial charge in [-0.1, -0.05) is 13.8 Å². The van der Waals surface area contributed by atoms with Gasteiger partial charge in [0.2, 0.25) is 5.91 Å². The van der Waals surface area contributed by atoms with Crippen LogP contribution in [0.15, 0.2) is 0 Å². The van der Waals surface area contributed by atoms with Gasteiger partial charge in [-0.3, -0.25) is 4.79 Å². The lowest BCUT2D eigenvalue weighted by Gasteiger charge is -2.17. The molecule has 1 amide bonds. The summed E-state index contributed by atoms with van der Waals surface area (Å²) in [6.07, 6.45) is 0. The third-order valence-corrected chi connectivity index (χ3v) is 2.35. The van der Waals surface area contributed by atoms with E-state index in [1.165, 1.54) is 0 Å². The van der Waals surface area contributed by atoms with Crippen molar-refractivity contribution in [1.29, 1.82) is 0 Å². The lowest BCUT2D eigenvalue weighted by Crippen LogP contribution is -2.45. The Morgan fingerprint density at radius 2 is 1.88 bits per heavy atom. The largest absolute Gasteiger partial charge is 0.480 e. The Kier molecular flexibility index (Phi) is 5.63. The minimum absolute atomic E-state index is 0.391. The summed E-state index contributed by atoms with van der Waals surface area (Å²) >= 11 is -0.498. The van der Waals surface area contributed by atoms with Crippen LogP contribution in [0.2, 0.25) is 0 Å². The molecule has 0 aliphatic rings. The van der Waals surface area contributed by atoms with Crippen LogP contribution in [0.5, 0.6) is 0 Å². The maximum atomic E-state index is 11.7. The molecule has 8 heteroatoms. The Morgan fingerprint density at radius 1 is 1.38 bits per heavy atom. The van der Waals surface area contributed by atoms with Gasteiger partial charge in [-0.25, -0.2) is 4.79 Å². The van der Waals surface area contributed by atoms with Crippen molar-refractivity contribution < 1.29 is 27.9 Å². The third-order valence-electron chi connectivity index (χ3n) is 1.62. The zero-order valence-corrected chi connectivity index (χ0v) is 9.48. The third kappa shape index (κ3) is 6.54. The van der Waals surface area contributed by atoms with Crippen molar-refractivity contribution >= 4 is 23.6 Å². The molecular weight excluding hydrogens is 247 g/mol. The first-order valence-corrected chi connectivity index (χ1v) is 5.35. The summed E-state index contributed by atoms with van der Waals surface area (Å²) in [6.45, 7) is 3.10. The van der Waals surface area contributed by atoms with Crippen LogP contribution < -0.4 is 5.32 Å². The van der Waals surface area contributed by atoms with E-state index >= 15 is 0 Å². The number of carboxylic acids is 1. The number of hydrogen-bond donors (Lipinski definition) is 2. The molecule has 0 saturated heterocycles. The Bertz CT molecular complexity index is 268. The molecule has 0 bridgehead atoms. The van der Waals surface area contributed by atoms with Crippen LogP contribution in [-0.2, 0) is 9.59 Å². The highest BCUT2D eigenvalue weighted by Gasteiger charge is 2.30. The van der Waals surface area contributed by atoms with Crippen molar-refractivity contribution in [3.05, 3.63) is 0 Å². The number of carbonyl (C=O) groups is 2. The van der Waals surface area contributed by atoms with E-state index in [0.29, 0.717) is 0 Å². The van der Waals surface area contributed by atoms with Crippen LogP contribution in [0.4, 0.5) is 13.2 Å². The predicted molar refractivity (Wildman–Crippen MR) is 52.9 cm³/mol. The predicted octanol–water partition coefficient (Wildman–Crippen LogP) is 1.46. The molecule has 0 spiro atoms. The minimum Gasteiger partial charge on any atom is -0.480 e. The Labute approximate surface area is 94.6 Å². The van der Waals surface area contributed by atoms with Crippen LogP contribution in [0, 0.1) is 5.92 Å². The van der Waals surface area contributed by atoms with Gasteiger partial charge in [0.25, 0.3) is 0 Å². The first-order valence-electron chi connectivity index (χ1n) is 4.36. The number of rotatable bonds is 5. The molecule has 2 N–H and O–H groups in total. The van der Waals surface area contributed by atoms with Gasteiger partial charge >= 0.3 is 11.5 Å². The highest BCUT2D eigenvalue weighted by atomic mass is 32.2. The lowest BCUT2D eigenvalue weighted by molar-refractivity contribution is -0.142. The van der Waals surface area contributed by atoms with Crippen LogP contribution in [0.25, 0.3) is 0 Å². The second-order valence-electron chi connectivity index (χ2n) is 3.36. The van der Waals surface area contributed by atoms with Gasteiger partial charge < -0.3 is 10.4 Å². The Morgan fingerprint density at radius 3 is 2.19 bits per heavy atom. The highest BCUT2D eigenvalue weighted by molar-refractivity contribution is 8.00. The molecule has 0 saturated carbocycles. The van der Waals surface area contributed by atoms with Gasteiger partial charge in [0.15, 0.2) is 0 Å². The minimum atomic E-state index is -4.49. The van der Waals surface area contributed by atoms with Gasteiger partial charge in [0.1, 0.15) is 6.04 Å². The molecule has 0 radical (unpaired) electrons. The second kappa shape index (κ2) is 5.97. The van der Waals surface area contributed by atoms with Crippen molar-refractivity contribution in [2.45, 2.75) is 25.4 Å². The first kappa shape index (κ1) is 15.1. The number of hydrogen-bond acceptors (Lipinski definition) is 3. The molecule has 0 aromatic rings. The maximum absolute atomic E-state index is 11.7. The number of nitrogens with one attached hydrogen (secondary N) is 1. The quantitative estimate of drug-likeness (QED) is 0.784. The summed E-state index contributed by atoms with van der Waals surface area (Å²) in [6, 6.07) is -1.17. The Hall–Kier alpha value is -0.920. The van der Waals surface area contributed by atoms with E-state index in [0.717, 1.165) is 0 Å². The van der Waals surface area contributed by atoms with E-state index < -0.39 is 46.9 Å². The van der Waals surface area contributed by atoms with E-state index in [1.54, 1.807) is 13.8 Å². The molecule has 0 fully saturated rings. The first-order chi connectivity index (χ1) is 7.13. The summed E-state index contributed by atoms with van der Waals surface area (Å²) in [5.41, 5.74) is -4.49. The molecule has 0 heterocycles. The maximum Gasteiger partial charge on any atom is 0.442 e. The van der Waals surface area contributed by atoms with Gasteiger partial charge in [0, 0.05) is 0 Å². The molecule has 0 aliphatic heterocycles. The highest BCUT2D eigenvalue weighted by Crippen LogP contribution is 2.29. The van der Waals surface area contributed by atoms with Crippen LogP contribution in [-0.4, -0.2) is 34.3 Å². The summed E-state index contributed by atoms with van der Waals surface area (Å²) in [5.74, 6) is -3.43. The van der Waals surface area contributed by atoms with Crippen molar-refractivity contribution in [3.63, 3.8) is 0 Å². The molecule has 0 rings (SSSR count). The number of amides is 1. The number of thioether (sulfide) groups is 1. The number of aliphatic carboxylic acids is 1. The Balaban J connectivity index is 4.17. The van der Waals surface area contributed by atoms with Crippen molar-refractivity contribution in [3.8, 4) is 0 Å². The van der Waals surface area contributed by atoms with Crippen LogP contribution in [0.3, 0.4) is 0 Å². The van der Waals surface area contributed by atoms with Crippen LogP contribution in [0.1, 0.15) is 13.8 Å². The molecule has 0 aliphatic carbocycles. The normalized spacial score (nSPS) is 13.6. The number of carboxylic acid groups (broad SMARTS) is 1. The van der Waals surface area contributed by atoms with Crippen molar-refractivity contribution in [2.75, 3.05) is 5.75 Å². The summed E-state index contributed by atoms with van der Waals surface area (Å²) in [4.78, 5) is 21.6. The monoisotopic (exact) mass is 259 g/mol. The zero-order valence-electron chi connectivity index (χ0n) is 8.67. The standard InChI is InChI=1S/C8H12F3NO3S/c1-4(2)6(7(14)15)12-5(13)3-16-8(9,10)11/h4,6H,3H2,1-2H3,(H,12,13)(H,14,15)/t6-/m1/s1. The van der Waals surface area contributed by atoms with Crippen molar-refractivity contribution in [1.82, 2.24) is 5.32 Å². The van der Waals surface area contributed by atoms with Crippen LogP contribution >= 0.6 is 11.8 Å². The number of halogens is 3. The fraction of sp³-hybridized carbons (Fsp3) is 0.750. The molecule has 0 aromatic heterocycles. The molecule has 1 atom stereocenters. The summed E-state index contributed by atoms with van der Waals surface area (Å²) in [7, 11) is 0. The number of alkyl halides is 3. The van der Waals surface area contributed by atoms with E-state index in [9.17, 15) is 22.8 Å². The van der Waals surface area contributed by atoms with E-state index in [1.807, 2.05) is 5.32 Å².